The number of ether oxygens (including phenoxy) is 5. The third kappa shape index (κ3) is 5.92. The van der Waals surface area contributed by atoms with Gasteiger partial charge in [-0.25, -0.2) is 4.79 Å². The van der Waals surface area contributed by atoms with Crippen LogP contribution in [0.5, 0.6) is 5.88 Å². The fourth-order valence-corrected chi connectivity index (χ4v) is 5.56. The Morgan fingerprint density at radius 3 is 2.33 bits per heavy atom. The molecule has 42 heavy (non-hydrogen) atoms. The summed E-state index contributed by atoms with van der Waals surface area (Å²) >= 11 is 5.66. The van der Waals surface area contributed by atoms with Crippen molar-refractivity contribution in [3.63, 3.8) is 0 Å². The van der Waals surface area contributed by atoms with Crippen LogP contribution in [0.3, 0.4) is 0 Å². The van der Waals surface area contributed by atoms with Crippen molar-refractivity contribution in [2.75, 3.05) is 13.2 Å². The molecule has 0 spiro atoms. The summed E-state index contributed by atoms with van der Waals surface area (Å²) in [6, 6.07) is 27.1. The number of carbonyl (C=O) groups excluding carboxylic acids is 1. The normalized spacial score (nSPS) is 22.8. The average Bonchev–Trinajstić information content (AvgIpc) is 3.50. The van der Waals surface area contributed by atoms with Crippen molar-refractivity contribution in [1.82, 2.24) is 9.55 Å². The second-order valence-corrected chi connectivity index (χ2v) is 11.1. The van der Waals surface area contributed by atoms with E-state index in [2.05, 4.69) is 4.98 Å². The monoisotopic (exact) mass is 584 g/mol. The van der Waals surface area contributed by atoms with Crippen LogP contribution in [0.4, 0.5) is 0 Å². The Morgan fingerprint density at radius 2 is 1.64 bits per heavy atom. The lowest BCUT2D eigenvalue weighted by Crippen LogP contribution is -2.46. The van der Waals surface area contributed by atoms with Crippen molar-refractivity contribution in [2.24, 2.45) is 0 Å². The average molecular weight is 585 g/mol. The van der Waals surface area contributed by atoms with Crippen LogP contribution in [0.25, 0.3) is 0 Å². The number of esters is 1. The highest BCUT2D eigenvalue weighted by Crippen LogP contribution is 2.47. The molecule has 2 saturated heterocycles. The Hall–Kier alpha value is -3.73. The first-order chi connectivity index (χ1) is 20.4. The summed E-state index contributed by atoms with van der Waals surface area (Å²) in [7, 11) is 0. The highest BCUT2D eigenvalue weighted by molar-refractivity contribution is 7.71. The fraction of sp³-hybridized carbons (Fsp3) is 0.303. The first-order valence-electron chi connectivity index (χ1n) is 13.9. The molecule has 0 radical (unpaired) electrons. The maximum absolute atomic E-state index is 12.7. The van der Waals surface area contributed by atoms with Gasteiger partial charge in [0, 0.05) is 11.8 Å². The molecular formula is C33H32N2O6S. The molecule has 2 aliphatic heterocycles. The highest BCUT2D eigenvalue weighted by atomic mass is 32.1. The topological polar surface area (TPSA) is 81.0 Å². The van der Waals surface area contributed by atoms with Crippen LogP contribution < -0.4 is 4.74 Å². The van der Waals surface area contributed by atoms with E-state index < -0.39 is 30.0 Å². The molecule has 2 fully saturated rings. The molecule has 4 atom stereocenters. The second kappa shape index (κ2) is 12.2. The van der Waals surface area contributed by atoms with Crippen molar-refractivity contribution in [3.8, 4) is 5.88 Å². The van der Waals surface area contributed by atoms with Crippen molar-refractivity contribution < 1.29 is 28.5 Å². The predicted octanol–water partition coefficient (Wildman–Crippen LogP) is 5.92. The number of hydrogen-bond donors (Lipinski definition) is 0. The lowest BCUT2D eigenvalue weighted by atomic mass is 10.00. The Balaban J connectivity index is 1.22. The quantitative estimate of drug-likeness (QED) is 0.168. The molecule has 0 N–H and O–H groups in total. The third-order valence-corrected chi connectivity index (χ3v) is 7.84. The van der Waals surface area contributed by atoms with Gasteiger partial charge >= 0.3 is 5.97 Å². The molecule has 0 aliphatic carbocycles. The van der Waals surface area contributed by atoms with Crippen LogP contribution in [-0.4, -0.2) is 46.5 Å². The van der Waals surface area contributed by atoms with Crippen LogP contribution in [-0.2, 0) is 32.2 Å². The zero-order valence-electron chi connectivity index (χ0n) is 23.5. The second-order valence-electron chi connectivity index (χ2n) is 10.7. The van der Waals surface area contributed by atoms with Crippen LogP contribution in [0, 0.1) is 18.6 Å². The number of carbonyl (C=O) groups is 1. The molecule has 9 heteroatoms. The highest BCUT2D eigenvalue weighted by Gasteiger charge is 2.63. The van der Waals surface area contributed by atoms with Crippen molar-refractivity contribution in [2.45, 2.75) is 51.1 Å². The number of nitrogens with zero attached hydrogens (tertiary/aromatic N) is 2. The molecule has 0 saturated carbocycles. The van der Waals surface area contributed by atoms with Gasteiger partial charge in [0.2, 0.25) is 10.7 Å². The summed E-state index contributed by atoms with van der Waals surface area (Å²) < 4.78 is 33.1. The third-order valence-electron chi connectivity index (χ3n) is 7.54. The summed E-state index contributed by atoms with van der Waals surface area (Å²) in [5.41, 5.74) is 3.40. The molecule has 4 aromatic rings. The molecule has 8 nitrogen and oxygen atoms in total. The minimum Gasteiger partial charge on any atom is -0.403 e. The Kier molecular flexibility index (Phi) is 8.28. The van der Waals surface area contributed by atoms with Crippen molar-refractivity contribution in [3.05, 3.63) is 124 Å². The molecule has 0 amide bonds. The number of fused-ring (bicyclic) bond motifs is 2. The molecule has 2 aliphatic rings. The van der Waals surface area contributed by atoms with E-state index in [0.717, 1.165) is 16.7 Å². The van der Waals surface area contributed by atoms with Gasteiger partial charge in [-0.1, -0.05) is 78.4 Å². The number of rotatable bonds is 10. The zero-order chi connectivity index (χ0) is 29.1. The number of aryl methyl sites for hydroxylation is 2. The van der Waals surface area contributed by atoms with E-state index in [1.807, 2.05) is 86.6 Å². The molecule has 6 rings (SSSR count). The first-order valence-corrected chi connectivity index (χ1v) is 14.3. The molecule has 3 heterocycles. The number of benzene rings is 3. The van der Waals surface area contributed by atoms with Gasteiger partial charge in [-0.2, -0.15) is 4.98 Å². The van der Waals surface area contributed by atoms with E-state index >= 15 is 0 Å². The van der Waals surface area contributed by atoms with E-state index in [0.29, 0.717) is 30.9 Å². The number of hydrogen-bond acceptors (Lipinski definition) is 8. The van der Waals surface area contributed by atoms with Crippen LogP contribution in [0.2, 0.25) is 0 Å². The van der Waals surface area contributed by atoms with E-state index in [4.69, 9.17) is 35.9 Å². The molecule has 1 unspecified atom stereocenters. The van der Waals surface area contributed by atoms with Crippen LogP contribution in [0.15, 0.2) is 91.1 Å². The summed E-state index contributed by atoms with van der Waals surface area (Å²) in [5, 5.41) is 0. The van der Waals surface area contributed by atoms with E-state index in [-0.39, 0.29) is 17.3 Å². The van der Waals surface area contributed by atoms with Gasteiger partial charge in [0.25, 0.3) is 0 Å². The maximum atomic E-state index is 12.7. The molecule has 3 aromatic carbocycles. The molecule has 1 aromatic heterocycles. The Labute approximate surface area is 249 Å². The Morgan fingerprint density at radius 1 is 0.976 bits per heavy atom. The fourth-order valence-electron chi connectivity index (χ4n) is 5.32. The van der Waals surface area contributed by atoms with Crippen molar-refractivity contribution >= 4 is 18.2 Å². The van der Waals surface area contributed by atoms with Gasteiger partial charge in [0.1, 0.15) is 17.8 Å². The summed E-state index contributed by atoms with van der Waals surface area (Å²) in [6.07, 6.45) is 0.345. The van der Waals surface area contributed by atoms with Gasteiger partial charge in [-0.15, -0.1) is 0 Å². The summed E-state index contributed by atoms with van der Waals surface area (Å²) in [6.45, 7) is 5.21. The molecule has 2 bridgehead atoms. The minimum absolute atomic E-state index is 0.156. The SMILES string of the molecule is Cc1ccc(C(=O)Oc2nc(=S)n([C@@H]3O[C@]4(COCc5ccccc5)CO[C@H]3C4OCc3ccccc3)cc2C)cc1. The summed E-state index contributed by atoms with van der Waals surface area (Å²) in [5.74, 6) is -0.343. The minimum atomic E-state index is -0.835. The largest absolute Gasteiger partial charge is 0.403 e. The zero-order valence-corrected chi connectivity index (χ0v) is 24.3. The van der Waals surface area contributed by atoms with E-state index in [1.54, 1.807) is 22.9 Å². The van der Waals surface area contributed by atoms with Gasteiger partial charge in [-0.3, -0.25) is 4.57 Å². The summed E-state index contributed by atoms with van der Waals surface area (Å²) in [4.78, 5) is 17.2. The Bertz CT molecular complexity index is 1590. The first kappa shape index (κ1) is 28.4. The van der Waals surface area contributed by atoms with Gasteiger partial charge < -0.3 is 23.7 Å². The van der Waals surface area contributed by atoms with E-state index in [1.165, 1.54) is 0 Å². The van der Waals surface area contributed by atoms with Gasteiger partial charge in [0.15, 0.2) is 6.23 Å². The van der Waals surface area contributed by atoms with Crippen molar-refractivity contribution in [1.29, 1.82) is 0 Å². The molecular weight excluding hydrogens is 552 g/mol. The predicted molar refractivity (Wildman–Crippen MR) is 158 cm³/mol. The molecule has 216 valence electrons. The number of aromatic nitrogens is 2. The van der Waals surface area contributed by atoms with Gasteiger partial charge in [0.05, 0.1) is 32.0 Å². The maximum Gasteiger partial charge on any atom is 0.344 e. The van der Waals surface area contributed by atoms with Crippen LogP contribution in [0.1, 0.15) is 38.8 Å². The lowest BCUT2D eigenvalue weighted by molar-refractivity contribution is -0.196. The van der Waals surface area contributed by atoms with Gasteiger partial charge in [-0.05, 0) is 49.3 Å². The van der Waals surface area contributed by atoms with Crippen LogP contribution >= 0.6 is 12.2 Å². The standard InChI is InChI=1S/C33H32N2O6S/c1-22-13-15-26(16-14-22)31(36)40-29-23(2)17-35(32(42)34-29)30-27-28(38-19-25-11-7-4-8-12-25)33(41-30,21-39-27)20-37-18-24-9-5-3-6-10-24/h3-17,27-28,30H,18-21H2,1-2H3/t27-,28?,30+,33+/m0/s1. The lowest BCUT2D eigenvalue weighted by Gasteiger charge is -2.32. The van der Waals surface area contributed by atoms with E-state index in [9.17, 15) is 4.79 Å². The smallest absolute Gasteiger partial charge is 0.344 e.